The summed E-state index contributed by atoms with van der Waals surface area (Å²) in [5.74, 6) is 4.48. The van der Waals surface area contributed by atoms with Crippen molar-refractivity contribution >= 4 is 40.1 Å². The molecule has 0 spiro atoms. The topological polar surface area (TPSA) is 65.3 Å². The van der Waals surface area contributed by atoms with Gasteiger partial charge in [-0.1, -0.05) is 104 Å². The fourth-order valence-corrected chi connectivity index (χ4v) is 6.55. The molecule has 224 valence electrons. The maximum Gasteiger partial charge on any atom is 0.238 e. The molecule has 0 amide bonds. The van der Waals surface area contributed by atoms with Gasteiger partial charge in [-0.25, -0.2) is 4.98 Å². The molecule has 4 heterocycles. The molecule has 7 nitrogen and oxygen atoms in total. The second kappa shape index (κ2) is 10.6. The first kappa shape index (κ1) is 26.9. The molecule has 0 atom stereocenters. The van der Waals surface area contributed by atoms with Crippen LogP contribution in [-0.2, 0) is 0 Å². The average molecular weight is 610 g/mol. The number of hydrogen-bond donors (Lipinski definition) is 0. The van der Waals surface area contributed by atoms with Gasteiger partial charge in [0.2, 0.25) is 5.95 Å². The second-order valence-corrected chi connectivity index (χ2v) is 11.3. The number of rotatable bonds is 4. The number of para-hydroxylation sites is 4. The van der Waals surface area contributed by atoms with Crippen molar-refractivity contribution in [1.82, 2.24) is 19.5 Å². The first-order valence-electron chi connectivity index (χ1n) is 15.4. The van der Waals surface area contributed by atoms with Crippen molar-refractivity contribution < 1.29 is 9.47 Å². The molecule has 0 unspecified atom stereocenters. The van der Waals surface area contributed by atoms with E-state index in [4.69, 9.17) is 24.4 Å². The Balaban J connectivity index is 1.43. The van der Waals surface area contributed by atoms with Crippen LogP contribution in [0.15, 0.2) is 128 Å². The molecule has 0 radical (unpaired) electrons. The van der Waals surface area contributed by atoms with Gasteiger partial charge in [0, 0.05) is 21.7 Å². The highest BCUT2D eigenvalue weighted by atomic mass is 16.5. The lowest BCUT2D eigenvalue weighted by Gasteiger charge is -2.38. The maximum atomic E-state index is 6.87. The van der Waals surface area contributed by atoms with Crippen LogP contribution in [0.1, 0.15) is 6.92 Å². The number of hydrogen-bond acceptors (Lipinski definition) is 6. The zero-order valence-corrected chi connectivity index (χ0v) is 25.5. The molecule has 2 aliphatic rings. The third-order valence-corrected chi connectivity index (χ3v) is 8.54. The van der Waals surface area contributed by atoms with Gasteiger partial charge < -0.3 is 9.47 Å². The minimum Gasteiger partial charge on any atom is -0.453 e. The number of ether oxygens (including phenoxy) is 2. The van der Waals surface area contributed by atoms with Crippen LogP contribution in [-0.4, -0.2) is 19.5 Å². The Morgan fingerprint density at radius 1 is 0.660 bits per heavy atom. The first-order chi connectivity index (χ1) is 23.2. The van der Waals surface area contributed by atoms with Crippen LogP contribution in [0.25, 0.3) is 51.8 Å². The molecule has 0 fully saturated rings. The highest BCUT2D eigenvalue weighted by Crippen LogP contribution is 2.61. The van der Waals surface area contributed by atoms with Crippen molar-refractivity contribution in [2.75, 3.05) is 4.90 Å². The normalized spacial score (nSPS) is 13.4. The summed E-state index contributed by atoms with van der Waals surface area (Å²) in [5, 5.41) is 2.79. The van der Waals surface area contributed by atoms with Gasteiger partial charge in [-0.3, -0.25) is 9.47 Å². The van der Waals surface area contributed by atoms with Gasteiger partial charge in [-0.15, -0.1) is 0 Å². The molecule has 5 aromatic carbocycles. The minimum atomic E-state index is 0.464. The second-order valence-electron chi connectivity index (χ2n) is 11.3. The number of aromatic nitrogens is 4. The molecule has 7 heteroatoms. The SMILES string of the molecule is C=C/C=c1\c(=C/C)c2cc3c4c(c2n1-c1nc(-c2ccccc2)nc(-c2ccccc2)n1)Oc1ccccc1N4c1ccccc1O3. The highest BCUT2D eigenvalue weighted by Gasteiger charge is 2.37. The number of nitrogens with zero attached hydrogens (tertiary/aromatic N) is 5. The van der Waals surface area contributed by atoms with Gasteiger partial charge >= 0.3 is 0 Å². The molecule has 47 heavy (non-hydrogen) atoms. The third-order valence-electron chi connectivity index (χ3n) is 8.54. The Kier molecular flexibility index (Phi) is 6.04. The van der Waals surface area contributed by atoms with Crippen LogP contribution in [0.2, 0.25) is 0 Å². The van der Waals surface area contributed by atoms with Gasteiger partial charge in [0.05, 0.1) is 16.7 Å². The molecule has 9 rings (SSSR count). The van der Waals surface area contributed by atoms with Crippen LogP contribution >= 0.6 is 0 Å². The summed E-state index contributed by atoms with van der Waals surface area (Å²) in [7, 11) is 0. The predicted octanol–water partition coefficient (Wildman–Crippen LogP) is 8.60. The Morgan fingerprint density at radius 3 is 1.83 bits per heavy atom. The lowest BCUT2D eigenvalue weighted by atomic mass is 10.1. The third kappa shape index (κ3) is 4.10. The summed E-state index contributed by atoms with van der Waals surface area (Å²) in [6.07, 6.45) is 5.87. The fourth-order valence-electron chi connectivity index (χ4n) is 6.55. The van der Waals surface area contributed by atoms with Crippen molar-refractivity contribution in [2.45, 2.75) is 6.92 Å². The number of anilines is 3. The fraction of sp³-hybridized carbons (Fsp3) is 0.0250. The zero-order chi connectivity index (χ0) is 31.5. The van der Waals surface area contributed by atoms with Crippen LogP contribution in [0.5, 0.6) is 23.0 Å². The predicted molar refractivity (Wildman–Crippen MR) is 186 cm³/mol. The summed E-state index contributed by atoms with van der Waals surface area (Å²) in [6, 6.07) is 38.2. The van der Waals surface area contributed by atoms with E-state index in [1.54, 1.807) is 6.08 Å². The Morgan fingerprint density at radius 2 is 1.23 bits per heavy atom. The van der Waals surface area contributed by atoms with E-state index in [0.29, 0.717) is 29.1 Å². The van der Waals surface area contributed by atoms with E-state index in [0.717, 1.165) is 61.2 Å². The van der Waals surface area contributed by atoms with Gasteiger partial charge in [0.1, 0.15) is 11.2 Å². The molecule has 0 aliphatic carbocycles. The van der Waals surface area contributed by atoms with Gasteiger partial charge in [-0.2, -0.15) is 9.97 Å². The van der Waals surface area contributed by atoms with Crippen molar-refractivity contribution in [3.8, 4) is 51.7 Å². The molecule has 0 saturated carbocycles. The molecule has 2 aliphatic heterocycles. The van der Waals surface area contributed by atoms with E-state index >= 15 is 0 Å². The number of benzene rings is 5. The van der Waals surface area contributed by atoms with E-state index in [2.05, 4.69) is 40.3 Å². The van der Waals surface area contributed by atoms with Crippen LogP contribution in [0.4, 0.5) is 17.1 Å². The van der Waals surface area contributed by atoms with E-state index in [1.165, 1.54) is 0 Å². The van der Waals surface area contributed by atoms with Crippen LogP contribution in [0.3, 0.4) is 0 Å². The summed E-state index contributed by atoms with van der Waals surface area (Å²) in [4.78, 5) is 17.4. The highest BCUT2D eigenvalue weighted by molar-refractivity contribution is 6.04. The number of allylic oxidation sites excluding steroid dienone is 1. The molecular weight excluding hydrogens is 582 g/mol. The molecular formula is C40H27N5O2. The zero-order valence-electron chi connectivity index (χ0n) is 25.5. The van der Waals surface area contributed by atoms with E-state index in [-0.39, 0.29) is 0 Å². The average Bonchev–Trinajstić information content (AvgIpc) is 3.44. The van der Waals surface area contributed by atoms with Gasteiger partial charge in [0.25, 0.3) is 0 Å². The van der Waals surface area contributed by atoms with E-state index < -0.39 is 0 Å². The number of fused-ring (bicyclic) bond motifs is 6. The molecule has 0 N–H and O–H groups in total. The van der Waals surface area contributed by atoms with Crippen LogP contribution in [0, 0.1) is 0 Å². The first-order valence-corrected chi connectivity index (χ1v) is 15.4. The van der Waals surface area contributed by atoms with Crippen molar-refractivity contribution in [2.24, 2.45) is 0 Å². The molecule has 0 saturated heterocycles. The molecule has 7 aromatic rings. The van der Waals surface area contributed by atoms with E-state index in [9.17, 15) is 0 Å². The van der Waals surface area contributed by atoms with Crippen LogP contribution < -0.4 is 24.9 Å². The lowest BCUT2D eigenvalue weighted by Crippen LogP contribution is -2.29. The largest absolute Gasteiger partial charge is 0.453 e. The molecule has 0 bridgehead atoms. The lowest BCUT2D eigenvalue weighted by molar-refractivity contribution is 0.449. The summed E-state index contributed by atoms with van der Waals surface area (Å²) >= 11 is 0. The summed E-state index contributed by atoms with van der Waals surface area (Å²) in [5.41, 5.74) is 5.29. The van der Waals surface area contributed by atoms with Gasteiger partial charge in [0.15, 0.2) is 34.6 Å². The quantitative estimate of drug-likeness (QED) is 0.199. The smallest absolute Gasteiger partial charge is 0.238 e. The monoisotopic (exact) mass is 609 g/mol. The Bertz CT molecular complexity index is 2440. The minimum absolute atomic E-state index is 0.464. The van der Waals surface area contributed by atoms with Gasteiger partial charge in [-0.05, 0) is 43.3 Å². The van der Waals surface area contributed by atoms with Crippen molar-refractivity contribution in [1.29, 1.82) is 0 Å². The van der Waals surface area contributed by atoms with E-state index in [1.807, 2.05) is 110 Å². The van der Waals surface area contributed by atoms with Crippen molar-refractivity contribution in [3.05, 3.63) is 138 Å². The Labute approximate surface area is 270 Å². The molecule has 2 aromatic heterocycles. The maximum absolute atomic E-state index is 6.87. The Hall–Kier alpha value is -6.47. The summed E-state index contributed by atoms with van der Waals surface area (Å²) in [6.45, 7) is 6.10. The summed E-state index contributed by atoms with van der Waals surface area (Å²) < 4.78 is 15.5. The van der Waals surface area contributed by atoms with Crippen molar-refractivity contribution in [3.63, 3.8) is 0 Å². The standard InChI is InChI=1S/C40H27N5O2/c1-3-15-29-27(4-2)28-24-34-36-37(47-33-23-14-12-21-31(33)44(36)30-20-11-13-22-32(30)46-34)35(28)45(29)40-42-38(25-16-7-5-8-17-25)41-39(43-40)26-18-9-6-10-19-26/h3-24H,1H2,2H3/b27-4-,29-15+.